The van der Waals surface area contributed by atoms with E-state index < -0.39 is 0 Å². The lowest BCUT2D eigenvalue weighted by Gasteiger charge is -2.32. The van der Waals surface area contributed by atoms with E-state index in [1.165, 1.54) is 55.5 Å². The molecule has 0 radical (unpaired) electrons. The molecule has 0 saturated carbocycles. The molecule has 1 unspecified atom stereocenters. The van der Waals surface area contributed by atoms with Crippen LogP contribution in [0.4, 0.5) is 0 Å². The minimum Gasteiger partial charge on any atom is -0.352 e. The number of rotatable bonds is 7. The molecule has 4 rings (SSSR count). The molecule has 2 heterocycles. The third kappa shape index (κ3) is 6.91. The average molecular weight is 420 g/mol. The Morgan fingerprint density at radius 3 is 2.26 bits per heavy atom. The van der Waals surface area contributed by atoms with Crippen molar-refractivity contribution in [1.29, 1.82) is 0 Å². The number of nitrogens with zero attached hydrogens (tertiary/aromatic N) is 2. The molecule has 166 valence electrons. The summed E-state index contributed by atoms with van der Waals surface area (Å²) in [5.74, 6) is 0.299. The summed E-state index contributed by atoms with van der Waals surface area (Å²) in [5.41, 5.74) is 3.89. The minimum absolute atomic E-state index is 0.0951. The van der Waals surface area contributed by atoms with Crippen LogP contribution in [0.25, 0.3) is 0 Å². The van der Waals surface area contributed by atoms with Crippen molar-refractivity contribution >= 4 is 5.91 Å². The fourth-order valence-electron chi connectivity index (χ4n) is 4.98. The third-order valence-corrected chi connectivity index (χ3v) is 6.69. The van der Waals surface area contributed by atoms with Gasteiger partial charge >= 0.3 is 0 Å². The first-order valence-corrected chi connectivity index (χ1v) is 12.1. The largest absolute Gasteiger partial charge is 0.352 e. The van der Waals surface area contributed by atoms with Crippen LogP contribution in [0.3, 0.4) is 0 Å². The summed E-state index contributed by atoms with van der Waals surface area (Å²) < 4.78 is 0. The Morgan fingerprint density at radius 1 is 0.774 bits per heavy atom. The fourth-order valence-corrected chi connectivity index (χ4v) is 4.98. The molecule has 0 bridgehead atoms. The van der Waals surface area contributed by atoms with E-state index >= 15 is 0 Å². The molecule has 4 heteroatoms. The van der Waals surface area contributed by atoms with Crippen molar-refractivity contribution in [2.24, 2.45) is 5.92 Å². The first kappa shape index (κ1) is 22.0. The zero-order valence-corrected chi connectivity index (χ0v) is 18.8. The summed E-state index contributed by atoms with van der Waals surface area (Å²) in [6, 6.07) is 19.3. The van der Waals surface area contributed by atoms with E-state index in [-0.39, 0.29) is 11.8 Å². The summed E-state index contributed by atoms with van der Waals surface area (Å²) in [6.45, 7) is 6.95. The molecule has 2 fully saturated rings. The molecule has 0 aromatic heterocycles. The highest BCUT2D eigenvalue weighted by atomic mass is 16.1. The maximum absolute atomic E-state index is 12.9. The van der Waals surface area contributed by atoms with Crippen LogP contribution in [0.15, 0.2) is 54.6 Å². The lowest BCUT2D eigenvalue weighted by atomic mass is 9.96. The van der Waals surface area contributed by atoms with Crippen molar-refractivity contribution in [2.75, 3.05) is 26.2 Å². The van der Waals surface area contributed by atoms with Gasteiger partial charge in [-0.25, -0.2) is 0 Å². The number of hydrogen-bond donors (Lipinski definition) is 1. The third-order valence-electron chi connectivity index (χ3n) is 6.69. The van der Waals surface area contributed by atoms with Crippen LogP contribution >= 0.6 is 0 Å². The van der Waals surface area contributed by atoms with Gasteiger partial charge in [-0.15, -0.1) is 0 Å². The molecule has 2 aliphatic rings. The highest BCUT2D eigenvalue weighted by molar-refractivity contribution is 5.79. The van der Waals surface area contributed by atoms with E-state index in [9.17, 15) is 4.79 Å². The SMILES string of the molecule is O=C(NCc1cccc(CN2CCCCCC2)c1)C1CCCN(Cc2ccccc2)C1. The molecular formula is C27H37N3O. The zero-order chi connectivity index (χ0) is 21.3. The van der Waals surface area contributed by atoms with E-state index in [4.69, 9.17) is 0 Å². The maximum atomic E-state index is 12.9. The van der Waals surface area contributed by atoms with E-state index in [0.717, 1.165) is 39.0 Å². The average Bonchev–Trinajstić information content (AvgIpc) is 3.07. The van der Waals surface area contributed by atoms with Gasteiger partial charge in [-0.2, -0.15) is 0 Å². The van der Waals surface area contributed by atoms with E-state index in [1.54, 1.807) is 0 Å². The number of hydrogen-bond acceptors (Lipinski definition) is 3. The Bertz CT molecular complexity index is 814. The molecule has 31 heavy (non-hydrogen) atoms. The van der Waals surface area contributed by atoms with Crippen LogP contribution in [-0.4, -0.2) is 41.9 Å². The Morgan fingerprint density at radius 2 is 1.45 bits per heavy atom. The van der Waals surface area contributed by atoms with Gasteiger partial charge < -0.3 is 5.32 Å². The van der Waals surface area contributed by atoms with Crippen LogP contribution in [0.1, 0.15) is 55.2 Å². The molecular weight excluding hydrogens is 382 g/mol. The summed E-state index contributed by atoms with van der Waals surface area (Å²) >= 11 is 0. The lowest BCUT2D eigenvalue weighted by molar-refractivity contribution is -0.126. The van der Waals surface area contributed by atoms with Crippen molar-refractivity contribution in [1.82, 2.24) is 15.1 Å². The summed E-state index contributed by atoms with van der Waals surface area (Å²) in [4.78, 5) is 17.9. The quantitative estimate of drug-likeness (QED) is 0.713. The predicted molar refractivity (Wildman–Crippen MR) is 126 cm³/mol. The molecule has 2 aromatic carbocycles. The van der Waals surface area contributed by atoms with Crippen molar-refractivity contribution in [2.45, 2.75) is 58.2 Å². The number of carbonyl (C=O) groups excluding carboxylic acids is 1. The standard InChI is InChI=1S/C27H37N3O/c31-27(26-14-9-17-30(22-26)20-23-10-4-3-5-11-23)28-19-24-12-8-13-25(18-24)21-29-15-6-1-2-7-16-29/h3-5,8,10-13,18,26H,1-2,6-7,9,14-17,19-22H2,(H,28,31). The van der Waals surface area contributed by atoms with Gasteiger partial charge in [0.25, 0.3) is 0 Å². The Labute approximate surface area is 187 Å². The highest BCUT2D eigenvalue weighted by Gasteiger charge is 2.25. The summed E-state index contributed by atoms with van der Waals surface area (Å²) in [5, 5.41) is 3.21. The number of benzene rings is 2. The van der Waals surface area contributed by atoms with Gasteiger partial charge in [0.15, 0.2) is 0 Å². The zero-order valence-electron chi connectivity index (χ0n) is 18.8. The van der Waals surface area contributed by atoms with Gasteiger partial charge in [0, 0.05) is 26.2 Å². The first-order valence-electron chi connectivity index (χ1n) is 12.1. The van der Waals surface area contributed by atoms with Crippen molar-refractivity contribution < 1.29 is 4.79 Å². The molecule has 0 spiro atoms. The second kappa shape index (κ2) is 11.4. The van der Waals surface area contributed by atoms with Crippen molar-refractivity contribution in [3.8, 4) is 0 Å². The van der Waals surface area contributed by atoms with Crippen molar-refractivity contribution in [3.63, 3.8) is 0 Å². The molecule has 1 N–H and O–H groups in total. The molecule has 1 atom stereocenters. The highest BCUT2D eigenvalue weighted by Crippen LogP contribution is 2.19. The van der Waals surface area contributed by atoms with Gasteiger partial charge in [0.1, 0.15) is 0 Å². The van der Waals surface area contributed by atoms with Crippen LogP contribution in [0, 0.1) is 5.92 Å². The normalized spacial score (nSPS) is 20.8. The van der Waals surface area contributed by atoms with Crippen LogP contribution < -0.4 is 5.32 Å². The van der Waals surface area contributed by atoms with Gasteiger partial charge in [-0.3, -0.25) is 14.6 Å². The number of nitrogens with one attached hydrogen (secondary N) is 1. The molecule has 1 amide bonds. The smallest absolute Gasteiger partial charge is 0.224 e. The maximum Gasteiger partial charge on any atom is 0.224 e. The van der Waals surface area contributed by atoms with E-state index in [2.05, 4.69) is 69.7 Å². The second-order valence-electron chi connectivity index (χ2n) is 9.29. The molecule has 2 aliphatic heterocycles. The molecule has 4 nitrogen and oxygen atoms in total. The number of likely N-dealkylation sites (tertiary alicyclic amines) is 2. The Balaban J connectivity index is 1.26. The van der Waals surface area contributed by atoms with Gasteiger partial charge in [0.2, 0.25) is 5.91 Å². The Kier molecular flexibility index (Phi) is 8.14. The topological polar surface area (TPSA) is 35.6 Å². The number of piperidine rings is 1. The van der Waals surface area contributed by atoms with E-state index in [1.807, 2.05) is 0 Å². The molecule has 2 saturated heterocycles. The van der Waals surface area contributed by atoms with Crippen LogP contribution in [0.5, 0.6) is 0 Å². The predicted octanol–water partition coefficient (Wildman–Crippen LogP) is 4.59. The second-order valence-corrected chi connectivity index (χ2v) is 9.29. The van der Waals surface area contributed by atoms with Crippen LogP contribution in [-0.2, 0) is 24.4 Å². The summed E-state index contributed by atoms with van der Waals surface area (Å²) in [7, 11) is 0. The van der Waals surface area contributed by atoms with Gasteiger partial charge in [0.05, 0.1) is 5.92 Å². The fraction of sp³-hybridized carbons (Fsp3) is 0.519. The minimum atomic E-state index is 0.0951. The number of amides is 1. The summed E-state index contributed by atoms with van der Waals surface area (Å²) in [6.07, 6.45) is 7.46. The van der Waals surface area contributed by atoms with Crippen molar-refractivity contribution in [3.05, 3.63) is 71.3 Å². The van der Waals surface area contributed by atoms with E-state index in [0.29, 0.717) is 6.54 Å². The molecule has 0 aliphatic carbocycles. The monoisotopic (exact) mass is 419 g/mol. The lowest BCUT2D eigenvalue weighted by Crippen LogP contribution is -2.42. The Hall–Kier alpha value is -2.17. The van der Waals surface area contributed by atoms with Gasteiger partial charge in [-0.1, -0.05) is 67.4 Å². The van der Waals surface area contributed by atoms with Crippen LogP contribution in [0.2, 0.25) is 0 Å². The first-order chi connectivity index (χ1) is 15.3. The van der Waals surface area contributed by atoms with Gasteiger partial charge in [-0.05, 0) is 62.0 Å². The number of carbonyl (C=O) groups is 1. The molecule has 2 aromatic rings.